The van der Waals surface area contributed by atoms with Gasteiger partial charge in [0.1, 0.15) is 10.8 Å². The Morgan fingerprint density at radius 2 is 1.90 bits per heavy atom. The minimum absolute atomic E-state index is 0.175. The van der Waals surface area contributed by atoms with Gasteiger partial charge in [-0.1, -0.05) is 35.6 Å². The van der Waals surface area contributed by atoms with Crippen LogP contribution >= 0.6 is 11.3 Å². The zero-order valence-electron chi connectivity index (χ0n) is 15.5. The molecular formula is C20H18N4O4S. The lowest BCUT2D eigenvalue weighted by Crippen LogP contribution is -2.07. The van der Waals surface area contributed by atoms with E-state index >= 15 is 0 Å². The fourth-order valence-corrected chi connectivity index (χ4v) is 3.09. The molecule has 0 saturated carbocycles. The lowest BCUT2D eigenvalue weighted by molar-refractivity contribution is -0.111. The number of hydrogen-bond acceptors (Lipinski definition) is 7. The van der Waals surface area contributed by atoms with Gasteiger partial charge in [-0.3, -0.25) is 10.1 Å². The van der Waals surface area contributed by atoms with Gasteiger partial charge >= 0.3 is 5.97 Å². The number of carboxylic acids is 1. The Balaban J connectivity index is 1.55. The van der Waals surface area contributed by atoms with Gasteiger partial charge in [0, 0.05) is 11.8 Å². The van der Waals surface area contributed by atoms with Gasteiger partial charge in [-0.15, -0.1) is 10.2 Å². The van der Waals surface area contributed by atoms with E-state index in [2.05, 4.69) is 20.8 Å². The molecule has 0 aliphatic rings. The summed E-state index contributed by atoms with van der Waals surface area (Å²) < 4.78 is 5.09. The Morgan fingerprint density at radius 3 is 2.62 bits per heavy atom. The number of rotatable bonds is 8. The van der Waals surface area contributed by atoms with Crippen molar-refractivity contribution in [1.82, 2.24) is 10.2 Å². The molecule has 1 amide bonds. The Kier molecular flexibility index (Phi) is 6.54. The topological polar surface area (TPSA) is 113 Å². The number of aromatic nitrogens is 2. The summed E-state index contributed by atoms with van der Waals surface area (Å²) in [6.07, 6.45) is 3.09. The van der Waals surface area contributed by atoms with Crippen LogP contribution in [0.1, 0.15) is 20.9 Å². The van der Waals surface area contributed by atoms with E-state index in [1.54, 1.807) is 31.4 Å². The third-order valence-corrected chi connectivity index (χ3v) is 4.67. The smallest absolute Gasteiger partial charge is 0.337 e. The summed E-state index contributed by atoms with van der Waals surface area (Å²) in [5, 5.41) is 23.8. The monoisotopic (exact) mass is 410 g/mol. The first kappa shape index (κ1) is 20.0. The highest BCUT2D eigenvalue weighted by Gasteiger charge is 2.10. The Bertz CT molecular complexity index is 1030. The van der Waals surface area contributed by atoms with Crippen molar-refractivity contribution >= 4 is 40.1 Å². The maximum Gasteiger partial charge on any atom is 0.337 e. The van der Waals surface area contributed by atoms with Gasteiger partial charge in [0.15, 0.2) is 0 Å². The first-order valence-corrected chi connectivity index (χ1v) is 9.38. The van der Waals surface area contributed by atoms with Gasteiger partial charge in [-0.25, -0.2) is 4.79 Å². The predicted molar refractivity (Wildman–Crippen MR) is 111 cm³/mol. The number of hydrogen-bond donors (Lipinski definition) is 3. The second kappa shape index (κ2) is 9.47. The molecule has 0 saturated heterocycles. The van der Waals surface area contributed by atoms with E-state index < -0.39 is 5.97 Å². The molecule has 8 nitrogen and oxygen atoms in total. The van der Waals surface area contributed by atoms with E-state index in [1.165, 1.54) is 23.5 Å². The number of anilines is 2. The summed E-state index contributed by atoms with van der Waals surface area (Å²) in [7, 11) is 1.59. The molecule has 0 fully saturated rings. The van der Waals surface area contributed by atoms with Crippen molar-refractivity contribution in [2.45, 2.75) is 6.54 Å². The molecule has 29 heavy (non-hydrogen) atoms. The first-order valence-electron chi connectivity index (χ1n) is 8.57. The van der Waals surface area contributed by atoms with E-state index in [-0.39, 0.29) is 11.5 Å². The second-order valence-electron chi connectivity index (χ2n) is 5.80. The van der Waals surface area contributed by atoms with Gasteiger partial charge in [-0.05, 0) is 35.9 Å². The minimum Gasteiger partial charge on any atom is -0.497 e. The lowest BCUT2D eigenvalue weighted by Gasteiger charge is -2.07. The summed E-state index contributed by atoms with van der Waals surface area (Å²) in [6, 6.07) is 13.9. The number of carbonyl (C=O) groups is 2. The zero-order chi connectivity index (χ0) is 20.6. The van der Waals surface area contributed by atoms with Crippen LogP contribution < -0.4 is 15.4 Å². The summed E-state index contributed by atoms with van der Waals surface area (Å²) in [5.41, 5.74) is 1.53. The van der Waals surface area contributed by atoms with Crippen molar-refractivity contribution in [2.24, 2.45) is 0 Å². The normalized spacial score (nSPS) is 10.7. The number of benzene rings is 2. The highest BCUT2D eigenvalue weighted by molar-refractivity contribution is 7.15. The van der Waals surface area contributed by atoms with Crippen molar-refractivity contribution in [1.29, 1.82) is 0 Å². The maximum atomic E-state index is 12.1. The zero-order valence-corrected chi connectivity index (χ0v) is 16.3. The average Bonchev–Trinajstić information content (AvgIpc) is 3.18. The number of amides is 1. The number of carbonyl (C=O) groups excluding carboxylic acids is 1. The van der Waals surface area contributed by atoms with Crippen LogP contribution in [0.15, 0.2) is 54.6 Å². The average molecular weight is 410 g/mol. The van der Waals surface area contributed by atoms with Crippen LogP contribution in [0.2, 0.25) is 0 Å². The first-order chi connectivity index (χ1) is 14.0. The van der Waals surface area contributed by atoms with Crippen LogP contribution in [0.25, 0.3) is 6.08 Å². The number of aromatic carboxylic acids is 1. The molecule has 0 atom stereocenters. The van der Waals surface area contributed by atoms with Gasteiger partial charge in [0.05, 0.1) is 19.2 Å². The molecule has 0 bridgehead atoms. The minimum atomic E-state index is -1.01. The van der Waals surface area contributed by atoms with Gasteiger partial charge in [0.25, 0.3) is 0 Å². The number of ether oxygens (including phenoxy) is 1. The number of nitrogens with zero attached hydrogens (tertiary/aromatic N) is 2. The van der Waals surface area contributed by atoms with Crippen molar-refractivity contribution in [3.63, 3.8) is 0 Å². The molecule has 0 spiro atoms. The summed E-state index contributed by atoms with van der Waals surface area (Å²) in [6.45, 7) is 0.291. The van der Waals surface area contributed by atoms with E-state index in [9.17, 15) is 14.7 Å². The van der Waals surface area contributed by atoms with Crippen LogP contribution in [0, 0.1) is 0 Å². The van der Waals surface area contributed by atoms with Crippen molar-refractivity contribution in [2.75, 3.05) is 17.7 Å². The van der Waals surface area contributed by atoms with Gasteiger partial charge in [-0.2, -0.15) is 0 Å². The van der Waals surface area contributed by atoms with Crippen LogP contribution in [0.4, 0.5) is 10.8 Å². The predicted octanol–water partition coefficient (Wildman–Crippen LogP) is 3.51. The number of para-hydroxylation sites is 1. The molecule has 9 heteroatoms. The van der Waals surface area contributed by atoms with E-state index in [0.717, 1.165) is 11.3 Å². The molecule has 1 aromatic heterocycles. The molecule has 0 unspecified atom stereocenters. The second-order valence-corrected chi connectivity index (χ2v) is 6.86. The van der Waals surface area contributed by atoms with Gasteiger partial charge in [0.2, 0.25) is 11.0 Å². The van der Waals surface area contributed by atoms with E-state index in [0.29, 0.717) is 22.4 Å². The van der Waals surface area contributed by atoms with Gasteiger partial charge < -0.3 is 15.2 Å². The number of nitrogens with one attached hydrogen (secondary N) is 2. The van der Waals surface area contributed by atoms with Crippen LogP contribution in [0.3, 0.4) is 0 Å². The van der Waals surface area contributed by atoms with E-state index in [4.69, 9.17) is 4.74 Å². The molecule has 3 aromatic rings. The fraction of sp³-hybridized carbons (Fsp3) is 0.100. The van der Waals surface area contributed by atoms with Crippen LogP contribution in [-0.2, 0) is 11.3 Å². The van der Waals surface area contributed by atoms with Crippen molar-refractivity contribution in [3.8, 4) is 5.75 Å². The Labute approximate surface area is 170 Å². The third-order valence-electron chi connectivity index (χ3n) is 3.83. The SMILES string of the molecule is COc1ccc(/C=C/C(=O)Nc2nnc(CNc3ccccc3C(=O)O)s2)cc1. The van der Waals surface area contributed by atoms with Crippen LogP contribution in [0.5, 0.6) is 5.75 Å². The lowest BCUT2D eigenvalue weighted by atomic mass is 10.2. The molecule has 148 valence electrons. The summed E-state index contributed by atoms with van der Waals surface area (Å²) >= 11 is 1.21. The highest BCUT2D eigenvalue weighted by Crippen LogP contribution is 2.19. The molecule has 3 N–H and O–H groups in total. The summed E-state index contributed by atoms with van der Waals surface area (Å²) in [5.74, 6) is -0.595. The molecule has 1 heterocycles. The largest absolute Gasteiger partial charge is 0.497 e. The molecule has 0 aliphatic carbocycles. The maximum absolute atomic E-state index is 12.1. The molecule has 0 aliphatic heterocycles. The van der Waals surface area contributed by atoms with Crippen LogP contribution in [-0.4, -0.2) is 34.3 Å². The molecule has 2 aromatic carbocycles. The Hall–Kier alpha value is -3.72. The number of carboxylic acid groups (broad SMARTS) is 1. The fourth-order valence-electron chi connectivity index (χ4n) is 2.40. The molecule has 0 radical (unpaired) electrons. The number of methoxy groups -OCH3 is 1. The Morgan fingerprint density at radius 1 is 1.14 bits per heavy atom. The molecule has 3 rings (SSSR count). The standard InChI is InChI=1S/C20H18N4O4S/c1-28-14-9-6-13(7-10-14)8-11-17(25)22-20-24-23-18(29-20)12-21-16-5-3-2-4-15(16)19(26)27/h2-11,21H,12H2,1H3,(H,26,27)(H,22,24,25)/b11-8+. The van der Waals surface area contributed by atoms with Crippen molar-refractivity contribution < 1.29 is 19.4 Å². The third kappa shape index (κ3) is 5.63. The summed E-state index contributed by atoms with van der Waals surface area (Å²) in [4.78, 5) is 23.3. The van der Waals surface area contributed by atoms with E-state index in [1.807, 2.05) is 24.3 Å². The quantitative estimate of drug-likeness (QED) is 0.487. The highest BCUT2D eigenvalue weighted by atomic mass is 32.1. The van der Waals surface area contributed by atoms with Crippen molar-refractivity contribution in [3.05, 3.63) is 70.7 Å². The molecular weight excluding hydrogens is 392 g/mol.